The zero-order valence-corrected chi connectivity index (χ0v) is 22.9. The van der Waals surface area contributed by atoms with E-state index in [1.165, 1.54) is 0 Å². The number of benzene rings is 4. The smallest absolute Gasteiger partial charge is 0.338 e. The first-order valence-corrected chi connectivity index (χ1v) is 13.2. The van der Waals surface area contributed by atoms with Crippen LogP contribution in [0.1, 0.15) is 34.0 Å². The first kappa shape index (κ1) is 29.0. The van der Waals surface area contributed by atoms with Gasteiger partial charge in [-0.2, -0.15) is 0 Å². The van der Waals surface area contributed by atoms with E-state index in [-0.39, 0.29) is 44.2 Å². The molecule has 7 heteroatoms. The molecular weight excluding hydrogens is 520 g/mol. The highest BCUT2D eigenvalue weighted by atomic mass is 16.6. The summed E-state index contributed by atoms with van der Waals surface area (Å²) in [4.78, 5) is 24.7. The summed E-state index contributed by atoms with van der Waals surface area (Å²) in [6.45, 7) is 5.63. The normalized spacial score (nSPS) is 10.4. The number of carbonyl (C=O) groups is 2. The molecule has 0 aromatic heterocycles. The molecule has 210 valence electrons. The number of hydrogen-bond acceptors (Lipinski definition) is 7. The Hall–Kier alpha value is -5.04. The third-order valence-electron chi connectivity index (χ3n) is 5.85. The van der Waals surface area contributed by atoms with E-state index in [4.69, 9.17) is 23.7 Å². The van der Waals surface area contributed by atoms with Gasteiger partial charge in [-0.05, 0) is 35.7 Å². The van der Waals surface area contributed by atoms with Gasteiger partial charge in [0, 0.05) is 5.57 Å². The van der Waals surface area contributed by atoms with Gasteiger partial charge in [0.05, 0.1) is 5.56 Å². The number of ether oxygens (including phenoxy) is 5. The van der Waals surface area contributed by atoms with E-state index in [1.807, 2.05) is 91.0 Å². The molecule has 0 N–H and O–H groups in total. The van der Waals surface area contributed by atoms with Crippen molar-refractivity contribution >= 4 is 11.9 Å². The molecular formula is C34H32O7. The summed E-state index contributed by atoms with van der Waals surface area (Å²) in [5.41, 5.74) is 3.32. The molecule has 0 heterocycles. The summed E-state index contributed by atoms with van der Waals surface area (Å²) >= 11 is 0. The standard InChI is InChI=1S/C34H32O7/c1-25(2)33(35)37-18-19-38-34(36)29-20-30(39-22-26-12-6-3-7-13-26)32(41-24-28-16-10-5-11-17-28)31(21-29)40-23-27-14-8-4-9-15-27/h3-17,20-21H,1,18-19,22-24H2,2H3. The molecule has 4 aromatic carbocycles. The molecule has 4 rings (SSSR count). The van der Waals surface area contributed by atoms with Gasteiger partial charge in [0.15, 0.2) is 11.5 Å². The molecule has 0 fully saturated rings. The maximum atomic E-state index is 13.0. The van der Waals surface area contributed by atoms with Crippen LogP contribution in [-0.4, -0.2) is 25.2 Å². The van der Waals surface area contributed by atoms with E-state index in [1.54, 1.807) is 19.1 Å². The fourth-order valence-electron chi connectivity index (χ4n) is 3.73. The molecule has 0 aliphatic heterocycles. The Morgan fingerprint density at radius 2 is 1.02 bits per heavy atom. The molecule has 0 radical (unpaired) electrons. The maximum absolute atomic E-state index is 13.0. The van der Waals surface area contributed by atoms with Crippen LogP contribution in [0.25, 0.3) is 0 Å². The average molecular weight is 553 g/mol. The predicted molar refractivity (Wildman–Crippen MR) is 155 cm³/mol. The van der Waals surface area contributed by atoms with Gasteiger partial charge in [-0.25, -0.2) is 9.59 Å². The molecule has 0 atom stereocenters. The lowest BCUT2D eigenvalue weighted by Crippen LogP contribution is -2.15. The minimum Gasteiger partial charge on any atom is -0.485 e. The lowest BCUT2D eigenvalue weighted by Gasteiger charge is -2.19. The topological polar surface area (TPSA) is 80.3 Å². The van der Waals surface area contributed by atoms with Crippen molar-refractivity contribution in [3.8, 4) is 17.2 Å². The highest BCUT2D eigenvalue weighted by Gasteiger charge is 2.21. The Bertz CT molecular complexity index is 1370. The number of rotatable bonds is 14. The van der Waals surface area contributed by atoms with Gasteiger partial charge in [0.1, 0.15) is 33.0 Å². The fourth-order valence-corrected chi connectivity index (χ4v) is 3.73. The average Bonchev–Trinajstić information content (AvgIpc) is 3.01. The van der Waals surface area contributed by atoms with Crippen LogP contribution in [0.5, 0.6) is 17.2 Å². The molecule has 7 nitrogen and oxygen atoms in total. The van der Waals surface area contributed by atoms with E-state index in [0.29, 0.717) is 17.2 Å². The van der Waals surface area contributed by atoms with Crippen LogP contribution in [-0.2, 0) is 34.1 Å². The summed E-state index contributed by atoms with van der Waals surface area (Å²) in [6, 6.07) is 32.2. The second-order valence-electron chi connectivity index (χ2n) is 9.18. The van der Waals surface area contributed by atoms with Crippen molar-refractivity contribution in [1.29, 1.82) is 0 Å². The third kappa shape index (κ3) is 9.00. The Kier molecular flexibility index (Phi) is 10.5. The Morgan fingerprint density at radius 1 is 0.610 bits per heavy atom. The van der Waals surface area contributed by atoms with Crippen LogP contribution in [0.3, 0.4) is 0 Å². The van der Waals surface area contributed by atoms with Gasteiger partial charge in [0.2, 0.25) is 5.75 Å². The molecule has 41 heavy (non-hydrogen) atoms. The van der Waals surface area contributed by atoms with Crippen molar-refractivity contribution in [2.75, 3.05) is 13.2 Å². The summed E-state index contributed by atoms with van der Waals surface area (Å²) in [5, 5.41) is 0. The van der Waals surface area contributed by atoms with E-state index in [9.17, 15) is 9.59 Å². The van der Waals surface area contributed by atoms with Crippen molar-refractivity contribution in [3.05, 3.63) is 138 Å². The lowest BCUT2D eigenvalue weighted by molar-refractivity contribution is -0.140. The van der Waals surface area contributed by atoms with Crippen LogP contribution in [0.4, 0.5) is 0 Å². The first-order valence-electron chi connectivity index (χ1n) is 13.2. The molecule has 0 aliphatic carbocycles. The van der Waals surface area contributed by atoms with Crippen LogP contribution in [0, 0.1) is 0 Å². The van der Waals surface area contributed by atoms with Crippen LogP contribution in [0.2, 0.25) is 0 Å². The van der Waals surface area contributed by atoms with E-state index in [2.05, 4.69) is 6.58 Å². The lowest BCUT2D eigenvalue weighted by atomic mass is 10.1. The van der Waals surface area contributed by atoms with Crippen molar-refractivity contribution < 1.29 is 33.3 Å². The van der Waals surface area contributed by atoms with Gasteiger partial charge in [-0.3, -0.25) is 0 Å². The highest BCUT2D eigenvalue weighted by Crippen LogP contribution is 2.40. The summed E-state index contributed by atoms with van der Waals surface area (Å²) in [5.74, 6) is -0.145. The Labute approximate surface area is 239 Å². The van der Waals surface area contributed by atoms with E-state index >= 15 is 0 Å². The van der Waals surface area contributed by atoms with Crippen molar-refractivity contribution in [2.45, 2.75) is 26.7 Å². The van der Waals surface area contributed by atoms with Gasteiger partial charge < -0.3 is 23.7 Å². The van der Waals surface area contributed by atoms with Gasteiger partial charge >= 0.3 is 11.9 Å². The second kappa shape index (κ2) is 14.9. The van der Waals surface area contributed by atoms with Crippen LogP contribution < -0.4 is 14.2 Å². The molecule has 0 aliphatic rings. The number of esters is 2. The Morgan fingerprint density at radius 3 is 1.46 bits per heavy atom. The van der Waals surface area contributed by atoms with Crippen LogP contribution in [0.15, 0.2) is 115 Å². The largest absolute Gasteiger partial charge is 0.485 e. The first-order chi connectivity index (χ1) is 20.0. The number of hydrogen-bond donors (Lipinski definition) is 0. The third-order valence-corrected chi connectivity index (χ3v) is 5.85. The van der Waals surface area contributed by atoms with Gasteiger partial charge in [-0.1, -0.05) is 97.6 Å². The maximum Gasteiger partial charge on any atom is 0.338 e. The molecule has 4 aromatic rings. The highest BCUT2D eigenvalue weighted by molar-refractivity contribution is 5.91. The molecule has 0 unspecified atom stereocenters. The summed E-state index contributed by atoms with van der Waals surface area (Å²) < 4.78 is 29.0. The zero-order chi connectivity index (χ0) is 28.9. The molecule has 0 spiro atoms. The zero-order valence-electron chi connectivity index (χ0n) is 22.9. The second-order valence-corrected chi connectivity index (χ2v) is 9.18. The summed E-state index contributed by atoms with van der Waals surface area (Å²) in [6.07, 6.45) is 0. The fraction of sp³-hybridized carbons (Fsp3) is 0.176. The minimum atomic E-state index is -0.625. The predicted octanol–water partition coefficient (Wildman–Crippen LogP) is 6.70. The van der Waals surface area contributed by atoms with E-state index < -0.39 is 11.9 Å². The molecule has 0 bridgehead atoms. The quantitative estimate of drug-likeness (QED) is 0.0978. The SMILES string of the molecule is C=C(C)C(=O)OCCOC(=O)c1cc(OCc2ccccc2)c(OCc2ccccc2)c(OCc2ccccc2)c1. The van der Waals surface area contributed by atoms with E-state index in [0.717, 1.165) is 16.7 Å². The van der Waals surface area contributed by atoms with Gasteiger partial charge in [-0.15, -0.1) is 0 Å². The molecule has 0 amide bonds. The van der Waals surface area contributed by atoms with Crippen molar-refractivity contribution in [2.24, 2.45) is 0 Å². The van der Waals surface area contributed by atoms with Crippen LogP contribution >= 0.6 is 0 Å². The molecule has 0 saturated heterocycles. The van der Waals surface area contributed by atoms with Crippen molar-refractivity contribution in [1.82, 2.24) is 0 Å². The molecule has 0 saturated carbocycles. The number of carbonyl (C=O) groups excluding carboxylic acids is 2. The Balaban J connectivity index is 1.61. The summed E-state index contributed by atoms with van der Waals surface area (Å²) in [7, 11) is 0. The van der Waals surface area contributed by atoms with Gasteiger partial charge in [0.25, 0.3) is 0 Å². The van der Waals surface area contributed by atoms with Crippen molar-refractivity contribution in [3.63, 3.8) is 0 Å². The monoisotopic (exact) mass is 552 g/mol. The minimum absolute atomic E-state index is 0.0928.